The van der Waals surface area contributed by atoms with Gasteiger partial charge in [0, 0.05) is 11.7 Å². The van der Waals surface area contributed by atoms with E-state index in [4.69, 9.17) is 0 Å². The molecule has 21 heavy (non-hydrogen) atoms. The third-order valence-corrected chi connectivity index (χ3v) is 5.58. The quantitative estimate of drug-likeness (QED) is 0.754. The number of nitrogens with one attached hydrogen (secondary N) is 1. The van der Waals surface area contributed by atoms with E-state index in [-0.39, 0.29) is 5.82 Å². The minimum atomic E-state index is -0.104. The molecule has 0 saturated heterocycles. The highest BCUT2D eigenvalue weighted by Crippen LogP contribution is 2.39. The first-order chi connectivity index (χ1) is 10.2. The van der Waals surface area contributed by atoms with Crippen LogP contribution in [0.25, 0.3) is 0 Å². The van der Waals surface area contributed by atoms with Crippen molar-refractivity contribution >= 4 is 5.69 Å². The molecule has 1 aromatic carbocycles. The predicted molar refractivity (Wildman–Crippen MR) is 87.1 cm³/mol. The number of hydrogen-bond donors (Lipinski definition) is 1. The Hall–Kier alpha value is -1.05. The van der Waals surface area contributed by atoms with Gasteiger partial charge in [-0.05, 0) is 55.4 Å². The van der Waals surface area contributed by atoms with Gasteiger partial charge in [0.15, 0.2) is 0 Å². The normalized spacial score (nSPS) is 27.5. The van der Waals surface area contributed by atoms with Crippen LogP contribution >= 0.6 is 0 Å². The van der Waals surface area contributed by atoms with Gasteiger partial charge in [-0.3, -0.25) is 0 Å². The van der Waals surface area contributed by atoms with Crippen LogP contribution in [0.3, 0.4) is 0 Å². The molecule has 116 valence electrons. The fourth-order valence-corrected chi connectivity index (χ4v) is 4.41. The first-order valence-electron chi connectivity index (χ1n) is 8.77. The summed E-state index contributed by atoms with van der Waals surface area (Å²) in [6.45, 7) is 1.85. The van der Waals surface area contributed by atoms with Gasteiger partial charge in [0.1, 0.15) is 5.82 Å². The third-order valence-electron chi connectivity index (χ3n) is 5.58. The van der Waals surface area contributed by atoms with Crippen molar-refractivity contribution in [3.63, 3.8) is 0 Å². The molecule has 0 aliphatic heterocycles. The Morgan fingerprint density at radius 3 is 2.43 bits per heavy atom. The maximum Gasteiger partial charge on any atom is 0.126 e. The second kappa shape index (κ2) is 6.81. The summed E-state index contributed by atoms with van der Waals surface area (Å²) in [4.78, 5) is 0. The second-order valence-corrected chi connectivity index (χ2v) is 7.06. The molecule has 3 rings (SSSR count). The van der Waals surface area contributed by atoms with E-state index < -0.39 is 0 Å². The van der Waals surface area contributed by atoms with Gasteiger partial charge < -0.3 is 5.32 Å². The van der Waals surface area contributed by atoms with E-state index in [9.17, 15) is 4.39 Å². The molecule has 2 unspecified atom stereocenters. The SMILES string of the molecule is Cc1cc(NC2CCCCC2C2CCCCC2)ccc1F. The fourth-order valence-electron chi connectivity index (χ4n) is 4.41. The summed E-state index contributed by atoms with van der Waals surface area (Å²) in [5.41, 5.74) is 1.84. The zero-order valence-corrected chi connectivity index (χ0v) is 13.2. The van der Waals surface area contributed by atoms with E-state index in [0.717, 1.165) is 23.1 Å². The monoisotopic (exact) mass is 289 g/mol. The predicted octanol–water partition coefficient (Wildman–Crippen LogP) is 5.69. The molecule has 0 heterocycles. The van der Waals surface area contributed by atoms with Crippen molar-refractivity contribution in [2.45, 2.75) is 70.8 Å². The average molecular weight is 289 g/mol. The highest BCUT2D eigenvalue weighted by molar-refractivity contribution is 5.47. The van der Waals surface area contributed by atoms with E-state index in [0.29, 0.717) is 6.04 Å². The van der Waals surface area contributed by atoms with Gasteiger partial charge in [-0.1, -0.05) is 44.9 Å². The van der Waals surface area contributed by atoms with E-state index >= 15 is 0 Å². The molecule has 2 atom stereocenters. The van der Waals surface area contributed by atoms with E-state index in [2.05, 4.69) is 5.32 Å². The summed E-state index contributed by atoms with van der Waals surface area (Å²) in [5.74, 6) is 1.63. The summed E-state index contributed by atoms with van der Waals surface area (Å²) >= 11 is 0. The number of hydrogen-bond acceptors (Lipinski definition) is 1. The van der Waals surface area contributed by atoms with Crippen molar-refractivity contribution in [3.8, 4) is 0 Å². The molecule has 0 spiro atoms. The minimum Gasteiger partial charge on any atom is -0.382 e. The number of halogens is 1. The van der Waals surface area contributed by atoms with Gasteiger partial charge in [0.25, 0.3) is 0 Å². The molecule has 1 N–H and O–H groups in total. The van der Waals surface area contributed by atoms with Gasteiger partial charge >= 0.3 is 0 Å². The van der Waals surface area contributed by atoms with Crippen molar-refractivity contribution in [2.24, 2.45) is 11.8 Å². The van der Waals surface area contributed by atoms with Crippen molar-refractivity contribution in [2.75, 3.05) is 5.32 Å². The number of anilines is 1. The summed E-state index contributed by atoms with van der Waals surface area (Å²) in [6.07, 6.45) is 12.5. The lowest BCUT2D eigenvalue weighted by Gasteiger charge is -2.40. The maximum absolute atomic E-state index is 13.4. The van der Waals surface area contributed by atoms with E-state index in [1.54, 1.807) is 6.07 Å². The molecule has 2 aliphatic carbocycles. The average Bonchev–Trinajstić information content (AvgIpc) is 2.52. The lowest BCUT2D eigenvalue weighted by molar-refractivity contribution is 0.180. The van der Waals surface area contributed by atoms with Gasteiger partial charge in [-0.2, -0.15) is 0 Å². The zero-order valence-electron chi connectivity index (χ0n) is 13.2. The largest absolute Gasteiger partial charge is 0.382 e. The van der Waals surface area contributed by atoms with Crippen molar-refractivity contribution in [3.05, 3.63) is 29.6 Å². The van der Waals surface area contributed by atoms with Gasteiger partial charge in [0.05, 0.1) is 0 Å². The molecular weight excluding hydrogens is 261 g/mol. The summed E-state index contributed by atoms with van der Waals surface area (Å²) in [5, 5.41) is 3.73. The molecule has 2 heteroatoms. The summed E-state index contributed by atoms with van der Waals surface area (Å²) < 4.78 is 13.4. The molecule has 0 aromatic heterocycles. The fraction of sp³-hybridized carbons (Fsp3) is 0.684. The summed E-state index contributed by atoms with van der Waals surface area (Å²) in [7, 11) is 0. The Morgan fingerprint density at radius 1 is 0.952 bits per heavy atom. The smallest absolute Gasteiger partial charge is 0.126 e. The van der Waals surface area contributed by atoms with Crippen LogP contribution in [0.4, 0.5) is 10.1 Å². The molecule has 2 fully saturated rings. The van der Waals surface area contributed by atoms with Gasteiger partial charge in [-0.15, -0.1) is 0 Å². The zero-order chi connectivity index (χ0) is 14.7. The molecule has 2 saturated carbocycles. The number of benzene rings is 1. The molecule has 2 aliphatic rings. The van der Waals surface area contributed by atoms with Crippen LogP contribution in [0, 0.1) is 24.6 Å². The third kappa shape index (κ3) is 3.59. The Kier molecular flexibility index (Phi) is 4.82. The lowest BCUT2D eigenvalue weighted by Crippen LogP contribution is -2.37. The summed E-state index contributed by atoms with van der Waals surface area (Å²) in [6, 6.07) is 6.04. The Morgan fingerprint density at radius 2 is 1.67 bits per heavy atom. The van der Waals surface area contributed by atoms with Crippen LogP contribution in [-0.4, -0.2) is 6.04 Å². The van der Waals surface area contributed by atoms with Crippen LogP contribution < -0.4 is 5.32 Å². The highest BCUT2D eigenvalue weighted by atomic mass is 19.1. The molecule has 0 bridgehead atoms. The Balaban J connectivity index is 1.69. The van der Waals surface area contributed by atoms with Crippen LogP contribution in [0.1, 0.15) is 63.4 Å². The molecule has 0 radical (unpaired) electrons. The minimum absolute atomic E-state index is 0.104. The molecule has 1 nitrogen and oxygen atoms in total. The molecule has 1 aromatic rings. The van der Waals surface area contributed by atoms with E-state index in [1.165, 1.54) is 57.8 Å². The first-order valence-corrected chi connectivity index (χ1v) is 8.77. The molecular formula is C19H28FN. The van der Waals surface area contributed by atoms with Gasteiger partial charge in [0.2, 0.25) is 0 Å². The second-order valence-electron chi connectivity index (χ2n) is 7.06. The maximum atomic E-state index is 13.4. The van der Waals surface area contributed by atoms with E-state index in [1.807, 2.05) is 19.1 Å². The first kappa shape index (κ1) is 14.9. The van der Waals surface area contributed by atoms with Crippen LogP contribution in [0.15, 0.2) is 18.2 Å². The van der Waals surface area contributed by atoms with Crippen molar-refractivity contribution < 1.29 is 4.39 Å². The lowest BCUT2D eigenvalue weighted by atomic mass is 9.71. The number of aryl methyl sites for hydroxylation is 1. The standard InChI is InChI=1S/C19H28FN/c1-14-13-16(11-12-18(14)20)21-19-10-6-5-9-17(19)15-7-3-2-4-8-15/h11-13,15,17,19,21H,2-10H2,1H3. The highest BCUT2D eigenvalue weighted by Gasteiger charge is 2.32. The number of rotatable bonds is 3. The van der Waals surface area contributed by atoms with Crippen LogP contribution in [0.2, 0.25) is 0 Å². The Bertz CT molecular complexity index is 465. The van der Waals surface area contributed by atoms with Crippen molar-refractivity contribution in [1.29, 1.82) is 0 Å². The van der Waals surface area contributed by atoms with Gasteiger partial charge in [-0.25, -0.2) is 4.39 Å². The van der Waals surface area contributed by atoms with Crippen molar-refractivity contribution in [1.82, 2.24) is 0 Å². The molecule has 0 amide bonds. The topological polar surface area (TPSA) is 12.0 Å². The Labute approximate surface area is 128 Å². The van der Waals surface area contributed by atoms with Crippen LogP contribution in [-0.2, 0) is 0 Å². The van der Waals surface area contributed by atoms with Crippen LogP contribution in [0.5, 0.6) is 0 Å².